The Morgan fingerprint density at radius 1 is 1.12 bits per heavy atom. The molecular weight excluding hydrogens is 319 g/mol. The number of hydrogen-bond donors (Lipinski definition) is 0. The molecule has 5 nitrogen and oxygen atoms in total. The largest absolute Gasteiger partial charge is 0.350 e. The zero-order chi connectivity index (χ0) is 17.2. The summed E-state index contributed by atoms with van der Waals surface area (Å²) in [6.45, 7) is 1.38. The summed E-state index contributed by atoms with van der Waals surface area (Å²) in [7, 11) is 0. The van der Waals surface area contributed by atoms with E-state index in [2.05, 4.69) is 14.9 Å². The normalized spacial score (nSPS) is 18.2. The van der Waals surface area contributed by atoms with E-state index in [1.807, 2.05) is 11.0 Å². The number of anilines is 1. The molecule has 0 radical (unpaired) electrons. The third-order valence-corrected chi connectivity index (χ3v) is 4.99. The van der Waals surface area contributed by atoms with E-state index in [4.69, 9.17) is 0 Å². The van der Waals surface area contributed by atoms with Crippen molar-refractivity contribution < 1.29 is 9.18 Å². The fourth-order valence-corrected chi connectivity index (χ4v) is 3.61. The van der Waals surface area contributed by atoms with Crippen molar-refractivity contribution in [3.8, 4) is 0 Å². The van der Waals surface area contributed by atoms with Crippen molar-refractivity contribution in [2.45, 2.75) is 37.8 Å². The van der Waals surface area contributed by atoms with Crippen molar-refractivity contribution in [2.75, 3.05) is 18.0 Å². The lowest BCUT2D eigenvalue weighted by Gasteiger charge is -2.39. The van der Waals surface area contributed by atoms with Crippen LogP contribution >= 0.6 is 0 Å². The van der Waals surface area contributed by atoms with E-state index >= 15 is 0 Å². The summed E-state index contributed by atoms with van der Waals surface area (Å²) in [5.41, 5.74) is 0.424. The van der Waals surface area contributed by atoms with E-state index in [-0.39, 0.29) is 11.7 Å². The van der Waals surface area contributed by atoms with Crippen molar-refractivity contribution >= 4 is 11.7 Å². The van der Waals surface area contributed by atoms with Crippen LogP contribution in [0, 0.1) is 5.82 Å². The SMILES string of the molecule is O=C(c1cccc(F)c1)N1CCC(N(c2ccncn2)C2CC2)CC1. The zero-order valence-corrected chi connectivity index (χ0v) is 14.0. The van der Waals surface area contributed by atoms with E-state index in [1.165, 1.54) is 25.0 Å². The highest BCUT2D eigenvalue weighted by Gasteiger charge is 2.37. The summed E-state index contributed by atoms with van der Waals surface area (Å²) in [6.07, 6.45) is 7.58. The molecule has 1 saturated heterocycles. The van der Waals surface area contributed by atoms with Gasteiger partial charge < -0.3 is 9.80 Å². The first-order chi connectivity index (χ1) is 12.2. The Morgan fingerprint density at radius 2 is 1.88 bits per heavy atom. The molecule has 0 atom stereocenters. The van der Waals surface area contributed by atoms with Crippen LogP contribution in [0.4, 0.5) is 10.2 Å². The molecule has 1 saturated carbocycles. The topological polar surface area (TPSA) is 49.3 Å². The maximum atomic E-state index is 13.4. The Balaban J connectivity index is 1.43. The number of hydrogen-bond acceptors (Lipinski definition) is 4. The number of benzene rings is 1. The van der Waals surface area contributed by atoms with Crippen LogP contribution in [-0.4, -0.2) is 45.9 Å². The van der Waals surface area contributed by atoms with Gasteiger partial charge in [0, 0.05) is 36.9 Å². The molecule has 2 aromatic rings. The number of carbonyl (C=O) groups excluding carboxylic acids is 1. The van der Waals surface area contributed by atoms with Gasteiger partial charge in [0.05, 0.1) is 0 Å². The van der Waals surface area contributed by atoms with Crippen molar-refractivity contribution in [2.24, 2.45) is 0 Å². The summed E-state index contributed by atoms with van der Waals surface area (Å²) in [5, 5.41) is 0. The Labute approximate surface area is 146 Å². The fraction of sp³-hybridized carbons (Fsp3) is 0.421. The molecule has 0 spiro atoms. The Bertz CT molecular complexity index is 742. The van der Waals surface area contributed by atoms with Gasteiger partial charge in [0.1, 0.15) is 18.0 Å². The average molecular weight is 340 g/mol. The summed E-state index contributed by atoms with van der Waals surface area (Å²) in [5.74, 6) is 0.523. The molecular formula is C19H21FN4O. The average Bonchev–Trinajstić information content (AvgIpc) is 3.48. The number of rotatable bonds is 4. The molecule has 1 aromatic heterocycles. The van der Waals surface area contributed by atoms with Gasteiger partial charge in [0.15, 0.2) is 0 Å². The molecule has 6 heteroatoms. The van der Waals surface area contributed by atoms with Crippen LogP contribution in [-0.2, 0) is 0 Å². The van der Waals surface area contributed by atoms with Crippen molar-refractivity contribution in [3.05, 3.63) is 54.2 Å². The predicted octanol–water partition coefficient (Wildman–Crippen LogP) is 2.89. The van der Waals surface area contributed by atoms with Crippen LogP contribution in [0.5, 0.6) is 0 Å². The minimum atomic E-state index is -0.371. The molecule has 1 amide bonds. The molecule has 0 bridgehead atoms. The predicted molar refractivity (Wildman–Crippen MR) is 92.9 cm³/mol. The number of halogens is 1. The lowest BCUT2D eigenvalue weighted by molar-refractivity contribution is 0.0711. The van der Waals surface area contributed by atoms with E-state index in [1.54, 1.807) is 24.7 Å². The standard InChI is InChI=1S/C19H21FN4O/c20-15-3-1-2-14(12-15)19(25)23-10-7-17(8-11-23)24(16-4-5-16)18-6-9-21-13-22-18/h1-3,6,9,12-13,16-17H,4-5,7-8,10-11H2. The van der Waals surface area contributed by atoms with Gasteiger partial charge in [-0.2, -0.15) is 0 Å². The van der Waals surface area contributed by atoms with Crippen molar-refractivity contribution in [3.63, 3.8) is 0 Å². The van der Waals surface area contributed by atoms with Crippen molar-refractivity contribution in [1.82, 2.24) is 14.9 Å². The minimum Gasteiger partial charge on any atom is -0.350 e. The Hall–Kier alpha value is -2.50. The minimum absolute atomic E-state index is 0.0852. The summed E-state index contributed by atoms with van der Waals surface area (Å²) in [6, 6.07) is 8.84. The number of carbonyl (C=O) groups is 1. The Morgan fingerprint density at radius 3 is 2.52 bits per heavy atom. The zero-order valence-electron chi connectivity index (χ0n) is 14.0. The number of amides is 1. The molecule has 2 fully saturated rings. The molecule has 0 N–H and O–H groups in total. The maximum Gasteiger partial charge on any atom is 0.253 e. The van der Waals surface area contributed by atoms with Gasteiger partial charge in [0.25, 0.3) is 5.91 Å². The molecule has 25 heavy (non-hydrogen) atoms. The molecule has 1 aliphatic heterocycles. The number of aromatic nitrogens is 2. The first-order valence-electron chi connectivity index (χ1n) is 8.81. The smallest absolute Gasteiger partial charge is 0.253 e. The monoisotopic (exact) mass is 340 g/mol. The van der Waals surface area contributed by atoms with Gasteiger partial charge in [-0.05, 0) is 49.9 Å². The molecule has 1 aliphatic carbocycles. The van der Waals surface area contributed by atoms with Crippen LogP contribution in [0.1, 0.15) is 36.0 Å². The molecule has 2 aliphatic rings. The van der Waals surface area contributed by atoms with Crippen LogP contribution in [0.3, 0.4) is 0 Å². The number of likely N-dealkylation sites (tertiary alicyclic amines) is 1. The third-order valence-electron chi connectivity index (χ3n) is 4.99. The molecule has 130 valence electrons. The first-order valence-corrected chi connectivity index (χ1v) is 8.81. The second kappa shape index (κ2) is 6.78. The first kappa shape index (κ1) is 16.0. The van der Waals surface area contributed by atoms with Gasteiger partial charge in [-0.15, -0.1) is 0 Å². The van der Waals surface area contributed by atoms with Crippen LogP contribution in [0.15, 0.2) is 42.9 Å². The van der Waals surface area contributed by atoms with E-state index in [9.17, 15) is 9.18 Å². The van der Waals surface area contributed by atoms with Gasteiger partial charge in [-0.1, -0.05) is 6.07 Å². The van der Waals surface area contributed by atoms with Gasteiger partial charge in [-0.3, -0.25) is 4.79 Å². The lowest BCUT2D eigenvalue weighted by Crippen LogP contribution is -2.48. The third kappa shape index (κ3) is 3.48. The highest BCUT2D eigenvalue weighted by atomic mass is 19.1. The maximum absolute atomic E-state index is 13.4. The molecule has 4 rings (SSSR count). The fourth-order valence-electron chi connectivity index (χ4n) is 3.61. The second-order valence-corrected chi connectivity index (χ2v) is 6.74. The number of piperidine rings is 1. The van der Waals surface area contributed by atoms with E-state index < -0.39 is 0 Å². The van der Waals surface area contributed by atoms with E-state index in [0.717, 1.165) is 18.7 Å². The molecule has 1 aromatic carbocycles. The summed E-state index contributed by atoms with van der Waals surface area (Å²) >= 11 is 0. The Kier molecular flexibility index (Phi) is 4.34. The highest BCUT2D eigenvalue weighted by molar-refractivity contribution is 5.94. The molecule has 0 unspecified atom stereocenters. The van der Waals surface area contributed by atoms with Gasteiger partial charge in [0.2, 0.25) is 0 Å². The van der Waals surface area contributed by atoms with E-state index in [0.29, 0.717) is 30.7 Å². The number of nitrogens with zero attached hydrogens (tertiary/aromatic N) is 4. The summed E-state index contributed by atoms with van der Waals surface area (Å²) < 4.78 is 13.4. The van der Waals surface area contributed by atoms with Gasteiger partial charge >= 0.3 is 0 Å². The van der Waals surface area contributed by atoms with Crippen molar-refractivity contribution in [1.29, 1.82) is 0 Å². The quantitative estimate of drug-likeness (QED) is 0.859. The van der Waals surface area contributed by atoms with Crippen LogP contribution in [0.2, 0.25) is 0 Å². The lowest BCUT2D eigenvalue weighted by atomic mass is 10.0. The summed E-state index contributed by atoms with van der Waals surface area (Å²) in [4.78, 5) is 25.2. The second-order valence-electron chi connectivity index (χ2n) is 6.74. The van der Waals surface area contributed by atoms with Gasteiger partial charge in [-0.25, -0.2) is 14.4 Å². The highest BCUT2D eigenvalue weighted by Crippen LogP contribution is 2.35. The molecule has 2 heterocycles. The van der Waals surface area contributed by atoms with Crippen LogP contribution in [0.25, 0.3) is 0 Å². The van der Waals surface area contributed by atoms with Crippen LogP contribution < -0.4 is 4.90 Å².